The van der Waals surface area contributed by atoms with E-state index in [4.69, 9.17) is 9.97 Å². The van der Waals surface area contributed by atoms with Gasteiger partial charge in [0.05, 0.1) is 12.1 Å². The molecule has 2 aromatic rings. The first-order valence-electron chi connectivity index (χ1n) is 14.7. The second kappa shape index (κ2) is 11.0. The molecule has 7 heteroatoms. The van der Waals surface area contributed by atoms with Crippen molar-refractivity contribution in [2.75, 3.05) is 24.3 Å². The SMILES string of the molecule is CN(C)c1nc(NC2(NC(=O)Cc3cc(C(C)(C)C)c(O)c(C(C)(C)C)c3)CCCCC2)nc2c1CCCC2. The Morgan fingerprint density at radius 1 is 0.923 bits per heavy atom. The van der Waals surface area contributed by atoms with Crippen molar-refractivity contribution in [2.24, 2.45) is 0 Å². The zero-order chi connectivity index (χ0) is 28.6. The highest BCUT2D eigenvalue weighted by atomic mass is 16.3. The minimum Gasteiger partial charge on any atom is -0.507 e. The molecule has 1 amide bonds. The van der Waals surface area contributed by atoms with Crippen LogP contribution in [0.25, 0.3) is 0 Å². The molecule has 2 aliphatic carbocycles. The third-order valence-corrected chi connectivity index (χ3v) is 8.17. The molecule has 1 saturated carbocycles. The Morgan fingerprint density at radius 3 is 2.08 bits per heavy atom. The smallest absolute Gasteiger partial charge is 0.226 e. The summed E-state index contributed by atoms with van der Waals surface area (Å²) in [6.45, 7) is 12.6. The third kappa shape index (κ3) is 6.67. The fourth-order valence-electron chi connectivity index (χ4n) is 6.09. The summed E-state index contributed by atoms with van der Waals surface area (Å²) in [4.78, 5) is 25.6. The molecule has 1 aromatic carbocycles. The van der Waals surface area contributed by atoms with Crippen LogP contribution in [0, 0.1) is 0 Å². The normalized spacial score (nSPS) is 17.3. The summed E-state index contributed by atoms with van der Waals surface area (Å²) in [6.07, 6.45) is 9.50. The van der Waals surface area contributed by atoms with Crippen LogP contribution in [0.5, 0.6) is 5.75 Å². The molecular formula is C32H49N5O2. The number of carbonyl (C=O) groups is 1. The maximum Gasteiger partial charge on any atom is 0.226 e. The van der Waals surface area contributed by atoms with Crippen LogP contribution >= 0.6 is 0 Å². The largest absolute Gasteiger partial charge is 0.507 e. The summed E-state index contributed by atoms with van der Waals surface area (Å²) < 4.78 is 0. The van der Waals surface area contributed by atoms with Crippen LogP contribution in [-0.2, 0) is 34.9 Å². The first kappa shape index (κ1) is 29.2. The van der Waals surface area contributed by atoms with E-state index in [9.17, 15) is 9.90 Å². The molecule has 7 nitrogen and oxygen atoms in total. The molecule has 0 saturated heterocycles. The number of hydrogen-bond donors (Lipinski definition) is 3. The lowest BCUT2D eigenvalue weighted by Gasteiger charge is -2.39. The van der Waals surface area contributed by atoms with Gasteiger partial charge in [0.25, 0.3) is 0 Å². The summed E-state index contributed by atoms with van der Waals surface area (Å²) in [7, 11) is 4.07. The predicted molar refractivity (Wildman–Crippen MR) is 160 cm³/mol. The summed E-state index contributed by atoms with van der Waals surface area (Å²) >= 11 is 0. The minimum absolute atomic E-state index is 0.0272. The number of benzene rings is 1. The standard InChI is InChI=1S/C32H49N5O2/c1-30(2,3)23-18-21(19-24(27(23)39)31(4,5)6)20-26(38)35-32(16-12-9-13-17-32)36-29-33-25-15-11-10-14-22(25)28(34-29)37(7)8/h18-19,39H,9-17,20H2,1-8H3,(H,35,38)(H,33,34,36). The quantitative estimate of drug-likeness (QED) is 0.384. The van der Waals surface area contributed by atoms with Gasteiger partial charge in [0.1, 0.15) is 17.2 Å². The maximum absolute atomic E-state index is 13.6. The van der Waals surface area contributed by atoms with Crippen molar-refractivity contribution in [3.8, 4) is 5.75 Å². The van der Waals surface area contributed by atoms with E-state index in [0.29, 0.717) is 11.7 Å². The van der Waals surface area contributed by atoms with Gasteiger partial charge >= 0.3 is 0 Å². The predicted octanol–water partition coefficient (Wildman–Crippen LogP) is 6.15. The van der Waals surface area contributed by atoms with Crippen LogP contribution in [0.2, 0.25) is 0 Å². The van der Waals surface area contributed by atoms with Crippen molar-refractivity contribution in [2.45, 2.75) is 122 Å². The van der Waals surface area contributed by atoms with Gasteiger partial charge < -0.3 is 20.6 Å². The highest BCUT2D eigenvalue weighted by Gasteiger charge is 2.35. The van der Waals surface area contributed by atoms with Gasteiger partial charge in [0, 0.05) is 19.7 Å². The average Bonchev–Trinajstić information content (AvgIpc) is 2.83. The van der Waals surface area contributed by atoms with Crippen LogP contribution in [0.3, 0.4) is 0 Å². The van der Waals surface area contributed by atoms with E-state index in [1.54, 1.807) is 0 Å². The van der Waals surface area contributed by atoms with E-state index in [1.807, 2.05) is 26.2 Å². The number of fused-ring (bicyclic) bond motifs is 1. The van der Waals surface area contributed by atoms with E-state index >= 15 is 0 Å². The lowest BCUT2D eigenvalue weighted by Crippen LogP contribution is -2.56. The Morgan fingerprint density at radius 2 is 1.51 bits per heavy atom. The van der Waals surface area contributed by atoms with Crippen LogP contribution in [0.1, 0.15) is 114 Å². The zero-order valence-corrected chi connectivity index (χ0v) is 25.4. The Hall–Kier alpha value is -2.83. The number of hydrogen-bond acceptors (Lipinski definition) is 6. The topological polar surface area (TPSA) is 90.4 Å². The first-order chi connectivity index (χ1) is 18.2. The molecule has 0 bridgehead atoms. The minimum atomic E-state index is -0.571. The van der Waals surface area contributed by atoms with Crippen LogP contribution in [-0.4, -0.2) is 40.7 Å². The Bertz CT molecular complexity index is 1170. The molecule has 0 aliphatic heterocycles. The van der Waals surface area contributed by atoms with Crippen molar-refractivity contribution in [3.05, 3.63) is 40.1 Å². The van der Waals surface area contributed by atoms with Crippen LogP contribution < -0.4 is 15.5 Å². The lowest BCUT2D eigenvalue weighted by molar-refractivity contribution is -0.122. The molecule has 0 spiro atoms. The monoisotopic (exact) mass is 535 g/mol. The van der Waals surface area contributed by atoms with Gasteiger partial charge in [-0.15, -0.1) is 0 Å². The van der Waals surface area contributed by atoms with Gasteiger partial charge in [-0.2, -0.15) is 4.98 Å². The number of nitrogens with zero attached hydrogens (tertiary/aromatic N) is 3. The van der Waals surface area contributed by atoms with Gasteiger partial charge in [-0.1, -0.05) is 60.1 Å². The summed E-state index contributed by atoms with van der Waals surface area (Å²) in [5, 5.41) is 18.1. The number of aryl methyl sites for hydroxylation is 1. The summed E-state index contributed by atoms with van der Waals surface area (Å²) in [5.74, 6) is 1.90. The number of aromatic nitrogens is 2. The van der Waals surface area contributed by atoms with E-state index in [-0.39, 0.29) is 23.2 Å². The van der Waals surface area contributed by atoms with Gasteiger partial charge in [0.15, 0.2) is 0 Å². The molecular weight excluding hydrogens is 486 g/mol. The number of rotatable bonds is 6. The second-order valence-corrected chi connectivity index (χ2v) is 13.9. The number of amides is 1. The number of aromatic hydroxyl groups is 1. The highest BCUT2D eigenvalue weighted by molar-refractivity contribution is 5.80. The van der Waals surface area contributed by atoms with E-state index < -0.39 is 5.66 Å². The average molecular weight is 536 g/mol. The Balaban J connectivity index is 1.62. The van der Waals surface area contributed by atoms with Gasteiger partial charge in [-0.3, -0.25) is 4.79 Å². The Kier molecular flexibility index (Phi) is 8.21. The molecule has 0 atom stereocenters. The van der Waals surface area contributed by atoms with Crippen molar-refractivity contribution >= 4 is 17.7 Å². The van der Waals surface area contributed by atoms with E-state index in [0.717, 1.165) is 79.6 Å². The number of nitrogens with one attached hydrogen (secondary N) is 2. The fraction of sp³-hybridized carbons (Fsp3) is 0.656. The van der Waals surface area contributed by atoms with Crippen LogP contribution in [0.15, 0.2) is 12.1 Å². The molecule has 0 unspecified atom stereocenters. The molecule has 2 aliphatic rings. The van der Waals surface area contributed by atoms with Crippen molar-refractivity contribution < 1.29 is 9.90 Å². The summed E-state index contributed by atoms with van der Waals surface area (Å²) in [5.41, 5.74) is 4.02. The van der Waals surface area contributed by atoms with Crippen molar-refractivity contribution in [1.82, 2.24) is 15.3 Å². The van der Waals surface area contributed by atoms with Crippen molar-refractivity contribution in [1.29, 1.82) is 0 Å². The molecule has 1 heterocycles. The van der Waals surface area contributed by atoms with E-state index in [1.165, 1.54) is 12.0 Å². The van der Waals surface area contributed by atoms with Crippen LogP contribution in [0.4, 0.5) is 11.8 Å². The fourth-order valence-corrected chi connectivity index (χ4v) is 6.09. The maximum atomic E-state index is 13.6. The Labute approximate surface area is 235 Å². The van der Waals surface area contributed by atoms with Gasteiger partial charge in [-0.25, -0.2) is 4.98 Å². The molecule has 1 fully saturated rings. The van der Waals surface area contributed by atoms with Gasteiger partial charge in [0.2, 0.25) is 11.9 Å². The molecule has 214 valence electrons. The number of phenolic OH excluding ortho intramolecular Hbond substituents is 1. The van der Waals surface area contributed by atoms with Crippen molar-refractivity contribution in [3.63, 3.8) is 0 Å². The first-order valence-corrected chi connectivity index (χ1v) is 14.7. The third-order valence-electron chi connectivity index (χ3n) is 8.17. The number of anilines is 2. The second-order valence-electron chi connectivity index (χ2n) is 13.9. The molecule has 39 heavy (non-hydrogen) atoms. The lowest BCUT2D eigenvalue weighted by atomic mass is 9.78. The van der Waals surface area contributed by atoms with E-state index in [2.05, 4.69) is 57.1 Å². The summed E-state index contributed by atoms with van der Waals surface area (Å²) in [6, 6.07) is 4.00. The molecule has 0 radical (unpaired) electrons. The molecule has 1 aromatic heterocycles. The molecule has 4 rings (SSSR count). The highest BCUT2D eigenvalue weighted by Crippen LogP contribution is 2.40. The number of phenols is 1. The van der Waals surface area contributed by atoms with Gasteiger partial charge in [-0.05, 0) is 78.9 Å². The number of carbonyl (C=O) groups excluding carboxylic acids is 1. The molecule has 3 N–H and O–H groups in total. The zero-order valence-electron chi connectivity index (χ0n) is 25.4.